The summed E-state index contributed by atoms with van der Waals surface area (Å²) in [5.41, 5.74) is 0.799. The van der Waals surface area contributed by atoms with Crippen LogP contribution in [0.25, 0.3) is 0 Å². The predicted octanol–water partition coefficient (Wildman–Crippen LogP) is 2.46. The van der Waals surface area contributed by atoms with E-state index in [1.54, 1.807) is 0 Å². The molecule has 0 fully saturated rings. The third-order valence-corrected chi connectivity index (χ3v) is 2.94. The fourth-order valence-electron chi connectivity index (χ4n) is 1.72. The average Bonchev–Trinajstić information content (AvgIpc) is 2.42. The zero-order valence-corrected chi connectivity index (χ0v) is 10.8. The van der Waals surface area contributed by atoms with Crippen molar-refractivity contribution in [3.63, 3.8) is 0 Å². The lowest BCUT2D eigenvalue weighted by atomic mass is 10.2. The summed E-state index contributed by atoms with van der Waals surface area (Å²) in [7, 11) is 0. The number of anilines is 1. The Morgan fingerprint density at radius 2 is 2.39 bits per heavy atom. The van der Waals surface area contributed by atoms with Gasteiger partial charge < -0.3 is 19.6 Å². The zero-order valence-electron chi connectivity index (χ0n) is 10.0. The number of carbonyl (C=O) groups is 1. The third-order valence-electron chi connectivity index (χ3n) is 2.67. The molecule has 1 atom stereocenters. The minimum absolute atomic E-state index is 0.288. The summed E-state index contributed by atoms with van der Waals surface area (Å²) in [4.78, 5) is 10.7. The number of aldehydes is 1. The molecule has 1 aliphatic heterocycles. The first-order chi connectivity index (χ1) is 8.83. The first kappa shape index (κ1) is 13.0. The van der Waals surface area contributed by atoms with Crippen LogP contribution in [0, 0.1) is 0 Å². The van der Waals surface area contributed by atoms with Crippen LogP contribution in [0.1, 0.15) is 12.8 Å². The molecule has 0 saturated carbocycles. The van der Waals surface area contributed by atoms with Crippen LogP contribution in [-0.4, -0.2) is 31.4 Å². The first-order valence-electron chi connectivity index (χ1n) is 6.01. The number of rotatable bonds is 6. The van der Waals surface area contributed by atoms with Gasteiger partial charge in [-0.2, -0.15) is 0 Å². The number of halogens is 1. The molecule has 1 aromatic carbocycles. The van der Waals surface area contributed by atoms with E-state index in [-0.39, 0.29) is 6.04 Å². The number of benzene rings is 1. The van der Waals surface area contributed by atoms with Gasteiger partial charge in [0.2, 0.25) is 0 Å². The summed E-state index contributed by atoms with van der Waals surface area (Å²) in [5.74, 6) is 2.18. The van der Waals surface area contributed by atoms with E-state index >= 15 is 0 Å². The van der Waals surface area contributed by atoms with Gasteiger partial charge in [-0.1, -0.05) is 0 Å². The highest BCUT2D eigenvalue weighted by Crippen LogP contribution is 2.32. The van der Waals surface area contributed by atoms with Gasteiger partial charge in [-0.15, -0.1) is 11.6 Å². The molecule has 98 valence electrons. The number of unbranched alkanes of at least 4 members (excludes halogenated alkanes) is 1. The summed E-state index contributed by atoms with van der Waals surface area (Å²) in [6, 6.07) is 5.28. The number of nitrogens with one attached hydrogen (secondary N) is 1. The van der Waals surface area contributed by atoms with Gasteiger partial charge in [0.15, 0.2) is 0 Å². The zero-order chi connectivity index (χ0) is 12.8. The molecule has 0 radical (unpaired) electrons. The minimum Gasteiger partial charge on any atom is -0.494 e. The molecule has 5 heteroatoms. The fourth-order valence-corrected chi connectivity index (χ4v) is 1.91. The van der Waals surface area contributed by atoms with E-state index in [0.717, 1.165) is 36.3 Å². The highest BCUT2D eigenvalue weighted by atomic mass is 35.5. The van der Waals surface area contributed by atoms with E-state index in [1.807, 2.05) is 18.2 Å². The van der Waals surface area contributed by atoms with Crippen molar-refractivity contribution in [1.29, 1.82) is 0 Å². The largest absolute Gasteiger partial charge is 0.494 e. The Morgan fingerprint density at radius 1 is 1.50 bits per heavy atom. The van der Waals surface area contributed by atoms with Crippen LogP contribution in [-0.2, 0) is 4.79 Å². The van der Waals surface area contributed by atoms with E-state index in [4.69, 9.17) is 21.1 Å². The molecule has 0 saturated heterocycles. The van der Waals surface area contributed by atoms with Crippen molar-refractivity contribution < 1.29 is 14.3 Å². The quantitative estimate of drug-likeness (QED) is 0.490. The van der Waals surface area contributed by atoms with Crippen LogP contribution >= 0.6 is 11.6 Å². The average molecular weight is 270 g/mol. The second-order valence-corrected chi connectivity index (χ2v) is 4.48. The Labute approximate surface area is 111 Å². The SMILES string of the molecule is O=CC1COc2ccc(OCCCCCl)cc2N1. The Balaban J connectivity index is 1.95. The van der Waals surface area contributed by atoms with Crippen LogP contribution in [0.2, 0.25) is 0 Å². The maximum atomic E-state index is 10.7. The highest BCUT2D eigenvalue weighted by molar-refractivity contribution is 6.17. The van der Waals surface area contributed by atoms with Crippen molar-refractivity contribution >= 4 is 23.6 Å². The van der Waals surface area contributed by atoms with Gasteiger partial charge in [0.25, 0.3) is 0 Å². The molecule has 1 N–H and O–H groups in total. The lowest BCUT2D eigenvalue weighted by Gasteiger charge is -2.24. The maximum absolute atomic E-state index is 10.7. The molecule has 0 bridgehead atoms. The minimum atomic E-state index is -0.288. The molecular weight excluding hydrogens is 254 g/mol. The van der Waals surface area contributed by atoms with Crippen molar-refractivity contribution in [2.45, 2.75) is 18.9 Å². The van der Waals surface area contributed by atoms with Crippen molar-refractivity contribution in [1.82, 2.24) is 0 Å². The van der Waals surface area contributed by atoms with Crippen molar-refractivity contribution in [2.75, 3.05) is 24.4 Å². The van der Waals surface area contributed by atoms with Crippen molar-refractivity contribution in [2.24, 2.45) is 0 Å². The number of carbonyl (C=O) groups excluding carboxylic acids is 1. The second-order valence-electron chi connectivity index (χ2n) is 4.10. The Morgan fingerprint density at radius 3 is 3.17 bits per heavy atom. The number of alkyl halides is 1. The van der Waals surface area contributed by atoms with Crippen LogP contribution in [0.5, 0.6) is 11.5 Å². The Hall–Kier alpha value is -1.42. The van der Waals surface area contributed by atoms with Gasteiger partial charge in [-0.3, -0.25) is 0 Å². The molecule has 2 rings (SSSR count). The van der Waals surface area contributed by atoms with Crippen molar-refractivity contribution in [3.05, 3.63) is 18.2 Å². The summed E-state index contributed by atoms with van der Waals surface area (Å²) >= 11 is 5.59. The van der Waals surface area contributed by atoms with E-state index in [2.05, 4.69) is 5.32 Å². The lowest BCUT2D eigenvalue weighted by molar-refractivity contribution is -0.109. The standard InChI is InChI=1S/C13H16ClNO3/c14-5-1-2-6-17-11-3-4-13-12(7-11)15-10(8-16)9-18-13/h3-4,7-8,10,15H,1-2,5-6,9H2. The maximum Gasteiger partial charge on any atom is 0.145 e. The molecule has 1 heterocycles. The molecule has 0 aromatic heterocycles. The predicted molar refractivity (Wildman–Crippen MR) is 70.9 cm³/mol. The molecule has 1 aliphatic rings. The Kier molecular flexibility index (Phi) is 4.70. The van der Waals surface area contributed by atoms with Gasteiger partial charge in [-0.05, 0) is 25.0 Å². The topological polar surface area (TPSA) is 47.6 Å². The van der Waals surface area contributed by atoms with Crippen LogP contribution in [0.15, 0.2) is 18.2 Å². The van der Waals surface area contributed by atoms with Crippen LogP contribution < -0.4 is 14.8 Å². The molecule has 18 heavy (non-hydrogen) atoms. The van der Waals surface area contributed by atoms with E-state index in [0.29, 0.717) is 19.1 Å². The molecule has 1 aromatic rings. The first-order valence-corrected chi connectivity index (χ1v) is 6.54. The molecular formula is C13H16ClNO3. The number of ether oxygens (including phenoxy) is 2. The normalized spacial score (nSPS) is 17.3. The number of hydrogen-bond donors (Lipinski definition) is 1. The monoisotopic (exact) mass is 269 g/mol. The summed E-state index contributed by atoms with van der Waals surface area (Å²) in [6.45, 7) is 1.01. The summed E-state index contributed by atoms with van der Waals surface area (Å²) in [5, 5.41) is 3.09. The lowest BCUT2D eigenvalue weighted by Crippen LogP contribution is -2.32. The van der Waals surface area contributed by atoms with E-state index < -0.39 is 0 Å². The van der Waals surface area contributed by atoms with E-state index in [1.165, 1.54) is 0 Å². The van der Waals surface area contributed by atoms with Gasteiger partial charge in [0, 0.05) is 11.9 Å². The third kappa shape index (κ3) is 3.29. The van der Waals surface area contributed by atoms with Gasteiger partial charge in [0.05, 0.1) is 12.3 Å². The number of hydrogen-bond acceptors (Lipinski definition) is 4. The van der Waals surface area contributed by atoms with Crippen LogP contribution in [0.4, 0.5) is 5.69 Å². The summed E-state index contributed by atoms with van der Waals surface area (Å²) < 4.78 is 11.1. The second kappa shape index (κ2) is 6.50. The molecule has 4 nitrogen and oxygen atoms in total. The molecule has 0 spiro atoms. The highest BCUT2D eigenvalue weighted by Gasteiger charge is 2.18. The van der Waals surface area contributed by atoms with Gasteiger partial charge >= 0.3 is 0 Å². The molecule has 1 unspecified atom stereocenters. The van der Waals surface area contributed by atoms with Crippen molar-refractivity contribution in [3.8, 4) is 11.5 Å². The number of fused-ring (bicyclic) bond motifs is 1. The molecule has 0 aliphatic carbocycles. The van der Waals surface area contributed by atoms with Gasteiger partial charge in [0.1, 0.15) is 30.4 Å². The smallest absolute Gasteiger partial charge is 0.145 e. The fraction of sp³-hybridized carbons (Fsp3) is 0.462. The Bertz CT molecular complexity index is 411. The van der Waals surface area contributed by atoms with E-state index in [9.17, 15) is 4.79 Å². The molecule has 0 amide bonds. The van der Waals surface area contributed by atoms with Crippen LogP contribution in [0.3, 0.4) is 0 Å². The summed E-state index contributed by atoms with van der Waals surface area (Å²) in [6.07, 6.45) is 2.72. The van der Waals surface area contributed by atoms with Gasteiger partial charge in [-0.25, -0.2) is 0 Å².